The minimum atomic E-state index is -1.19. The van der Waals surface area contributed by atoms with Gasteiger partial charge < -0.3 is 19.7 Å². The first-order valence-electron chi connectivity index (χ1n) is 13.1. The third-order valence-corrected chi connectivity index (χ3v) is 7.56. The highest BCUT2D eigenvalue weighted by Gasteiger charge is 2.49. The summed E-state index contributed by atoms with van der Waals surface area (Å²) in [6.45, 7) is -0.264. The molecule has 0 spiro atoms. The fourth-order valence-electron chi connectivity index (χ4n) is 5.50. The summed E-state index contributed by atoms with van der Waals surface area (Å²) in [6.07, 6.45) is 5.64. The normalized spacial score (nSPS) is 15.5. The van der Waals surface area contributed by atoms with E-state index in [-0.39, 0.29) is 24.6 Å². The lowest BCUT2D eigenvalue weighted by molar-refractivity contribution is -0.145. The van der Waals surface area contributed by atoms with Crippen LogP contribution in [0.5, 0.6) is 11.5 Å². The van der Waals surface area contributed by atoms with Gasteiger partial charge in [0.2, 0.25) is 11.8 Å². The van der Waals surface area contributed by atoms with Crippen LogP contribution in [-0.2, 0) is 20.9 Å². The Labute approximate surface area is 231 Å². The third kappa shape index (κ3) is 4.88. The monoisotopic (exact) mass is 542 g/mol. The van der Waals surface area contributed by atoms with Crippen molar-refractivity contribution in [2.45, 2.75) is 37.8 Å². The van der Waals surface area contributed by atoms with Crippen LogP contribution in [0.2, 0.25) is 0 Å². The Balaban J connectivity index is 1.50. The number of benzene rings is 2. The van der Waals surface area contributed by atoms with Crippen molar-refractivity contribution in [2.75, 3.05) is 31.0 Å². The van der Waals surface area contributed by atoms with Crippen LogP contribution in [0.1, 0.15) is 41.6 Å². The van der Waals surface area contributed by atoms with Gasteiger partial charge in [-0.15, -0.1) is 0 Å². The van der Waals surface area contributed by atoms with Crippen molar-refractivity contribution in [3.63, 3.8) is 0 Å². The van der Waals surface area contributed by atoms with Gasteiger partial charge in [-0.2, -0.15) is 0 Å². The van der Waals surface area contributed by atoms with Gasteiger partial charge in [0, 0.05) is 25.0 Å². The number of nitrogens with one attached hydrogen (secondary N) is 1. The van der Waals surface area contributed by atoms with Gasteiger partial charge in [0.25, 0.3) is 11.7 Å². The number of aromatic nitrogens is 1. The van der Waals surface area contributed by atoms with E-state index >= 15 is 0 Å². The predicted octanol–water partition coefficient (Wildman–Crippen LogP) is 3.61. The molecular formula is C30H30N4O6. The lowest BCUT2D eigenvalue weighted by Crippen LogP contribution is -2.59. The van der Waals surface area contributed by atoms with Crippen LogP contribution in [0.25, 0.3) is 0 Å². The molecule has 0 atom stereocenters. The highest BCUT2D eigenvalue weighted by molar-refractivity contribution is 6.52. The number of methoxy groups -OCH3 is 2. The summed E-state index contributed by atoms with van der Waals surface area (Å²) in [5.41, 5.74) is 0.646. The number of hydrogen-bond donors (Lipinski definition) is 1. The van der Waals surface area contributed by atoms with E-state index in [1.54, 1.807) is 72.9 Å². The Hall–Kier alpha value is -4.73. The van der Waals surface area contributed by atoms with Gasteiger partial charge >= 0.3 is 0 Å². The molecule has 3 amide bonds. The lowest BCUT2D eigenvalue weighted by Gasteiger charge is -2.41. The van der Waals surface area contributed by atoms with Crippen LogP contribution in [-0.4, -0.2) is 59.7 Å². The number of carbonyl (C=O) groups excluding carboxylic acids is 4. The molecule has 2 heterocycles. The molecule has 1 N–H and O–H groups in total. The number of pyridine rings is 1. The summed E-state index contributed by atoms with van der Waals surface area (Å²) in [7, 11) is 3.04. The minimum absolute atomic E-state index is 0.109. The standard InChI is InChI=1S/C30H30N4O6/c1-39-21-11-12-23(25(16-21)40-2)32-29(38)30(13-5-6-14-30)34(18-20-8-7-15-31-17-20)26(35)19-33-24-10-4-3-9-22(24)27(36)28(33)37/h3-4,7-12,15-17H,5-6,13-14,18-19H2,1-2H3,(H,32,38). The van der Waals surface area contributed by atoms with Crippen molar-refractivity contribution < 1.29 is 28.7 Å². The Morgan fingerprint density at radius 1 is 1.02 bits per heavy atom. The second kappa shape index (κ2) is 11.2. The van der Waals surface area contributed by atoms with Gasteiger partial charge in [0.15, 0.2) is 0 Å². The van der Waals surface area contributed by atoms with Crippen molar-refractivity contribution in [1.82, 2.24) is 9.88 Å². The molecule has 0 bridgehead atoms. The fraction of sp³-hybridized carbons (Fsp3) is 0.300. The van der Waals surface area contributed by atoms with E-state index in [0.29, 0.717) is 35.7 Å². The molecule has 2 aliphatic rings. The summed E-state index contributed by atoms with van der Waals surface area (Å²) in [5, 5.41) is 2.98. The number of ether oxygens (including phenoxy) is 2. The van der Waals surface area contributed by atoms with Crippen molar-refractivity contribution in [3.05, 3.63) is 78.1 Å². The molecule has 10 nitrogen and oxygen atoms in total. The fourth-order valence-corrected chi connectivity index (χ4v) is 5.50. The largest absolute Gasteiger partial charge is 0.497 e. The number of rotatable bonds is 9. The van der Waals surface area contributed by atoms with E-state index in [0.717, 1.165) is 18.4 Å². The summed E-state index contributed by atoms with van der Waals surface area (Å²) >= 11 is 0. The zero-order valence-corrected chi connectivity index (χ0v) is 22.4. The van der Waals surface area contributed by atoms with Crippen LogP contribution < -0.4 is 19.7 Å². The molecule has 5 rings (SSSR count). The number of amides is 3. The van der Waals surface area contributed by atoms with Crippen LogP contribution in [0.15, 0.2) is 67.0 Å². The van der Waals surface area contributed by atoms with Gasteiger partial charge in [-0.05, 0) is 48.7 Å². The number of anilines is 2. The molecule has 206 valence electrons. The molecule has 1 fully saturated rings. The van der Waals surface area contributed by atoms with Gasteiger partial charge in [0.05, 0.1) is 31.2 Å². The first-order valence-corrected chi connectivity index (χ1v) is 13.1. The molecule has 0 unspecified atom stereocenters. The van der Waals surface area contributed by atoms with Gasteiger partial charge in [-0.25, -0.2) is 0 Å². The van der Waals surface area contributed by atoms with Crippen LogP contribution in [0.4, 0.5) is 11.4 Å². The van der Waals surface area contributed by atoms with E-state index in [2.05, 4.69) is 10.3 Å². The van der Waals surface area contributed by atoms with Crippen molar-refractivity contribution in [1.29, 1.82) is 0 Å². The molecule has 0 radical (unpaired) electrons. The number of Topliss-reactive ketones (excluding diaryl/α,β-unsaturated/α-hetero) is 1. The van der Waals surface area contributed by atoms with Gasteiger partial charge in [-0.3, -0.25) is 29.1 Å². The quantitative estimate of drug-likeness (QED) is 0.411. The lowest BCUT2D eigenvalue weighted by atomic mass is 9.92. The molecule has 40 heavy (non-hydrogen) atoms. The Bertz CT molecular complexity index is 1450. The van der Waals surface area contributed by atoms with E-state index in [9.17, 15) is 19.2 Å². The Kier molecular flexibility index (Phi) is 7.50. The number of carbonyl (C=O) groups is 4. The smallest absolute Gasteiger partial charge is 0.299 e. The zero-order chi connectivity index (χ0) is 28.3. The number of nitrogens with zero attached hydrogens (tertiary/aromatic N) is 3. The van der Waals surface area contributed by atoms with Gasteiger partial charge in [-0.1, -0.05) is 31.0 Å². The highest BCUT2D eigenvalue weighted by atomic mass is 16.5. The van der Waals surface area contributed by atoms with Crippen molar-refractivity contribution in [3.8, 4) is 11.5 Å². The van der Waals surface area contributed by atoms with E-state index < -0.39 is 23.1 Å². The van der Waals surface area contributed by atoms with Crippen LogP contribution in [0.3, 0.4) is 0 Å². The predicted molar refractivity (Wildman–Crippen MR) is 147 cm³/mol. The average molecular weight is 543 g/mol. The molecule has 1 aliphatic heterocycles. The Morgan fingerprint density at radius 2 is 1.80 bits per heavy atom. The number of para-hydroxylation sites is 1. The molecule has 2 aromatic carbocycles. The van der Waals surface area contributed by atoms with Crippen molar-refractivity contribution >= 4 is 34.9 Å². The summed E-state index contributed by atoms with van der Waals surface area (Å²) in [6, 6.07) is 15.3. The molecule has 3 aromatic rings. The maximum Gasteiger partial charge on any atom is 0.299 e. The topological polar surface area (TPSA) is 118 Å². The van der Waals surface area contributed by atoms with E-state index in [1.807, 2.05) is 6.07 Å². The molecule has 10 heteroatoms. The zero-order valence-electron chi connectivity index (χ0n) is 22.4. The number of fused-ring (bicyclic) bond motifs is 1. The van der Waals surface area contributed by atoms with Crippen LogP contribution in [0, 0.1) is 0 Å². The Morgan fingerprint density at radius 3 is 2.50 bits per heavy atom. The average Bonchev–Trinajstić information content (AvgIpc) is 3.57. The number of hydrogen-bond acceptors (Lipinski definition) is 7. The molecular weight excluding hydrogens is 512 g/mol. The molecule has 1 aromatic heterocycles. The third-order valence-electron chi connectivity index (χ3n) is 7.56. The molecule has 1 aliphatic carbocycles. The molecule has 1 saturated carbocycles. The SMILES string of the molecule is COc1ccc(NC(=O)C2(N(Cc3cccnc3)C(=O)CN3C(=O)C(=O)c4ccccc43)CCCC2)c(OC)c1. The highest BCUT2D eigenvalue weighted by Crippen LogP contribution is 2.39. The first kappa shape index (κ1) is 26.9. The second-order valence-electron chi connectivity index (χ2n) is 9.84. The summed E-state index contributed by atoms with van der Waals surface area (Å²) < 4.78 is 10.7. The van der Waals surface area contributed by atoms with Crippen molar-refractivity contribution in [2.24, 2.45) is 0 Å². The second-order valence-corrected chi connectivity index (χ2v) is 9.84. The summed E-state index contributed by atoms with van der Waals surface area (Å²) in [4.78, 5) is 60.6. The van der Waals surface area contributed by atoms with Crippen LogP contribution >= 0.6 is 0 Å². The number of ketones is 1. The summed E-state index contributed by atoms with van der Waals surface area (Å²) in [5.74, 6) is -1.21. The minimum Gasteiger partial charge on any atom is -0.497 e. The maximum absolute atomic E-state index is 14.1. The first-order chi connectivity index (χ1) is 19.4. The molecule has 0 saturated heterocycles. The van der Waals surface area contributed by atoms with E-state index in [4.69, 9.17) is 9.47 Å². The maximum atomic E-state index is 14.1. The van der Waals surface area contributed by atoms with Gasteiger partial charge in [0.1, 0.15) is 23.6 Å². The van der Waals surface area contributed by atoms with E-state index in [1.165, 1.54) is 12.0 Å².